The number of fused-ring (bicyclic) bond motifs is 1. The molecule has 100 valence electrons. The van der Waals surface area contributed by atoms with E-state index in [4.69, 9.17) is 4.74 Å². The molecule has 1 atom stereocenters. The molecule has 1 heterocycles. The van der Waals surface area contributed by atoms with Crippen molar-refractivity contribution in [1.29, 1.82) is 0 Å². The smallest absolute Gasteiger partial charge is 0.0468 e. The molecule has 1 aromatic carbocycles. The third-order valence-corrected chi connectivity index (χ3v) is 3.84. The van der Waals surface area contributed by atoms with Crippen molar-refractivity contribution in [2.45, 2.75) is 44.9 Å². The Kier molecular flexibility index (Phi) is 3.96. The van der Waals surface area contributed by atoms with E-state index in [1.54, 1.807) is 7.11 Å². The molecule has 2 heteroatoms. The van der Waals surface area contributed by atoms with Crippen LogP contribution in [0, 0.1) is 0 Å². The van der Waals surface area contributed by atoms with Gasteiger partial charge in [0.05, 0.1) is 0 Å². The Morgan fingerprint density at radius 2 is 2.11 bits per heavy atom. The SMILES string of the molecule is COCCC1CCNc2ccc(C(C)(C)C)cc21. The lowest BCUT2D eigenvalue weighted by Gasteiger charge is -2.29. The van der Waals surface area contributed by atoms with Gasteiger partial charge in [-0.3, -0.25) is 0 Å². The third kappa shape index (κ3) is 2.86. The lowest BCUT2D eigenvalue weighted by Crippen LogP contribution is -2.20. The number of ether oxygens (including phenoxy) is 1. The van der Waals surface area contributed by atoms with Gasteiger partial charge >= 0.3 is 0 Å². The van der Waals surface area contributed by atoms with Gasteiger partial charge in [-0.05, 0) is 41.4 Å². The average molecular weight is 247 g/mol. The molecule has 2 rings (SSSR count). The monoisotopic (exact) mass is 247 g/mol. The lowest BCUT2D eigenvalue weighted by atomic mass is 9.81. The Morgan fingerprint density at radius 1 is 1.33 bits per heavy atom. The lowest BCUT2D eigenvalue weighted by molar-refractivity contribution is 0.186. The van der Waals surface area contributed by atoms with E-state index >= 15 is 0 Å². The van der Waals surface area contributed by atoms with Crippen molar-refractivity contribution in [3.8, 4) is 0 Å². The summed E-state index contributed by atoms with van der Waals surface area (Å²) < 4.78 is 5.24. The summed E-state index contributed by atoms with van der Waals surface area (Å²) in [5.41, 5.74) is 4.44. The molecule has 1 aromatic rings. The summed E-state index contributed by atoms with van der Waals surface area (Å²) in [4.78, 5) is 0. The summed E-state index contributed by atoms with van der Waals surface area (Å²) in [6.45, 7) is 8.75. The molecule has 0 aromatic heterocycles. The number of benzene rings is 1. The molecule has 0 spiro atoms. The highest BCUT2D eigenvalue weighted by Gasteiger charge is 2.22. The quantitative estimate of drug-likeness (QED) is 0.874. The number of rotatable bonds is 3. The summed E-state index contributed by atoms with van der Waals surface area (Å²) in [6, 6.07) is 6.89. The fourth-order valence-electron chi connectivity index (χ4n) is 2.62. The second-order valence-electron chi connectivity index (χ2n) is 6.25. The van der Waals surface area contributed by atoms with Gasteiger partial charge in [-0.1, -0.05) is 32.9 Å². The van der Waals surface area contributed by atoms with Crippen LogP contribution >= 0.6 is 0 Å². The highest BCUT2D eigenvalue weighted by atomic mass is 16.5. The molecule has 18 heavy (non-hydrogen) atoms. The van der Waals surface area contributed by atoms with Gasteiger partial charge in [0.1, 0.15) is 0 Å². The van der Waals surface area contributed by atoms with Crippen molar-refractivity contribution < 1.29 is 4.74 Å². The van der Waals surface area contributed by atoms with Crippen LogP contribution in [0.3, 0.4) is 0 Å². The fraction of sp³-hybridized carbons (Fsp3) is 0.625. The topological polar surface area (TPSA) is 21.3 Å². The predicted octanol–water partition coefficient (Wildman–Crippen LogP) is 3.92. The molecular formula is C16H25NO. The molecule has 0 fully saturated rings. The van der Waals surface area contributed by atoms with Crippen molar-refractivity contribution in [2.24, 2.45) is 0 Å². The zero-order valence-electron chi connectivity index (χ0n) is 12.0. The highest BCUT2D eigenvalue weighted by Crippen LogP contribution is 2.36. The van der Waals surface area contributed by atoms with Gasteiger partial charge in [0.15, 0.2) is 0 Å². The molecule has 0 aliphatic carbocycles. The minimum Gasteiger partial charge on any atom is -0.385 e. The largest absolute Gasteiger partial charge is 0.385 e. The standard InChI is InChI=1S/C16H25NO/c1-16(2,3)13-5-6-15-14(11-13)12(7-9-17-15)8-10-18-4/h5-6,11-12,17H,7-10H2,1-4H3. The van der Waals surface area contributed by atoms with E-state index in [1.165, 1.54) is 23.2 Å². The zero-order valence-corrected chi connectivity index (χ0v) is 12.0. The first kappa shape index (κ1) is 13.4. The Labute approximate surface area is 111 Å². The first-order valence-electron chi connectivity index (χ1n) is 6.89. The molecular weight excluding hydrogens is 222 g/mol. The molecule has 0 radical (unpaired) electrons. The van der Waals surface area contributed by atoms with Crippen molar-refractivity contribution in [2.75, 3.05) is 25.6 Å². The van der Waals surface area contributed by atoms with Crippen molar-refractivity contribution >= 4 is 5.69 Å². The molecule has 0 bridgehead atoms. The van der Waals surface area contributed by atoms with Gasteiger partial charge in [0, 0.05) is 25.9 Å². The number of nitrogens with one attached hydrogen (secondary N) is 1. The van der Waals surface area contributed by atoms with Crippen LogP contribution in [0.15, 0.2) is 18.2 Å². The maximum absolute atomic E-state index is 5.24. The van der Waals surface area contributed by atoms with E-state index in [-0.39, 0.29) is 5.41 Å². The van der Waals surface area contributed by atoms with Crippen LogP contribution in [0.1, 0.15) is 50.7 Å². The van der Waals surface area contributed by atoms with Gasteiger partial charge in [-0.2, -0.15) is 0 Å². The van der Waals surface area contributed by atoms with Crippen LogP contribution in [0.25, 0.3) is 0 Å². The summed E-state index contributed by atoms with van der Waals surface area (Å²) >= 11 is 0. The fourth-order valence-corrected chi connectivity index (χ4v) is 2.62. The molecule has 1 aliphatic rings. The van der Waals surface area contributed by atoms with E-state index in [1.807, 2.05) is 0 Å². The first-order valence-corrected chi connectivity index (χ1v) is 6.89. The molecule has 0 amide bonds. The van der Waals surface area contributed by atoms with Crippen LogP contribution in [-0.4, -0.2) is 20.3 Å². The normalized spacial score (nSPS) is 19.2. The molecule has 0 saturated heterocycles. The maximum Gasteiger partial charge on any atom is 0.0468 e. The highest BCUT2D eigenvalue weighted by molar-refractivity contribution is 5.57. The Hall–Kier alpha value is -1.02. The molecule has 1 N–H and O–H groups in total. The molecule has 0 saturated carbocycles. The molecule has 2 nitrogen and oxygen atoms in total. The minimum atomic E-state index is 0.221. The van der Waals surface area contributed by atoms with Gasteiger partial charge in [0.25, 0.3) is 0 Å². The summed E-state index contributed by atoms with van der Waals surface area (Å²) in [5.74, 6) is 0.642. The number of anilines is 1. The van der Waals surface area contributed by atoms with Gasteiger partial charge in [0.2, 0.25) is 0 Å². The summed E-state index contributed by atoms with van der Waals surface area (Å²) in [5, 5.41) is 3.51. The van der Waals surface area contributed by atoms with E-state index < -0.39 is 0 Å². The average Bonchev–Trinajstić information content (AvgIpc) is 2.34. The number of methoxy groups -OCH3 is 1. The van der Waals surface area contributed by atoms with E-state index in [2.05, 4.69) is 44.3 Å². The third-order valence-electron chi connectivity index (χ3n) is 3.84. The Balaban J connectivity index is 2.29. The van der Waals surface area contributed by atoms with Crippen LogP contribution in [0.5, 0.6) is 0 Å². The summed E-state index contributed by atoms with van der Waals surface area (Å²) in [7, 11) is 1.79. The van der Waals surface area contributed by atoms with Crippen molar-refractivity contribution in [3.05, 3.63) is 29.3 Å². The number of hydrogen-bond acceptors (Lipinski definition) is 2. The van der Waals surface area contributed by atoms with Gasteiger partial charge < -0.3 is 10.1 Å². The second-order valence-corrected chi connectivity index (χ2v) is 6.25. The Morgan fingerprint density at radius 3 is 2.78 bits per heavy atom. The predicted molar refractivity (Wildman–Crippen MR) is 77.5 cm³/mol. The molecule has 1 aliphatic heterocycles. The van der Waals surface area contributed by atoms with Crippen LogP contribution in [-0.2, 0) is 10.2 Å². The first-order chi connectivity index (χ1) is 8.52. The van der Waals surface area contributed by atoms with Crippen molar-refractivity contribution in [1.82, 2.24) is 0 Å². The summed E-state index contributed by atoms with van der Waals surface area (Å²) in [6.07, 6.45) is 2.34. The number of hydrogen-bond donors (Lipinski definition) is 1. The maximum atomic E-state index is 5.24. The van der Waals surface area contributed by atoms with Crippen LogP contribution in [0.4, 0.5) is 5.69 Å². The van der Waals surface area contributed by atoms with E-state index in [0.29, 0.717) is 5.92 Å². The Bertz CT molecular complexity index is 406. The minimum absolute atomic E-state index is 0.221. The second kappa shape index (κ2) is 5.31. The van der Waals surface area contributed by atoms with Gasteiger partial charge in [-0.25, -0.2) is 0 Å². The van der Waals surface area contributed by atoms with Gasteiger partial charge in [-0.15, -0.1) is 0 Å². The van der Waals surface area contributed by atoms with E-state index in [0.717, 1.165) is 19.6 Å². The molecule has 1 unspecified atom stereocenters. The van der Waals surface area contributed by atoms with Crippen molar-refractivity contribution in [3.63, 3.8) is 0 Å². The van der Waals surface area contributed by atoms with Crippen LogP contribution in [0.2, 0.25) is 0 Å². The zero-order chi connectivity index (χ0) is 13.2. The van der Waals surface area contributed by atoms with E-state index in [9.17, 15) is 0 Å². The van der Waals surface area contributed by atoms with Crippen LogP contribution < -0.4 is 5.32 Å².